The van der Waals surface area contributed by atoms with Crippen molar-refractivity contribution in [2.24, 2.45) is 0 Å². The fourth-order valence-electron chi connectivity index (χ4n) is 2.37. The maximum Gasteiger partial charge on any atom is 0.276 e. The molecule has 1 aromatic heterocycles. The van der Waals surface area contributed by atoms with Crippen LogP contribution in [0.5, 0.6) is 0 Å². The first-order valence-corrected chi connectivity index (χ1v) is 6.85. The zero-order valence-corrected chi connectivity index (χ0v) is 11.7. The average molecular weight is 289 g/mol. The maximum absolute atomic E-state index is 12.9. The van der Waals surface area contributed by atoms with E-state index in [0.29, 0.717) is 17.9 Å². The van der Waals surface area contributed by atoms with Crippen molar-refractivity contribution in [2.75, 3.05) is 19.6 Å². The molecule has 110 valence electrons. The molecule has 1 aliphatic heterocycles. The zero-order chi connectivity index (χ0) is 14.8. The molecule has 0 spiro atoms. The third kappa shape index (κ3) is 2.78. The third-order valence-corrected chi connectivity index (χ3v) is 3.57. The summed E-state index contributed by atoms with van der Waals surface area (Å²) in [7, 11) is 0. The number of hydrogen-bond acceptors (Lipinski definition) is 4. The monoisotopic (exact) mass is 289 g/mol. The van der Waals surface area contributed by atoms with Crippen LogP contribution in [-0.4, -0.2) is 51.5 Å². The van der Waals surface area contributed by atoms with Crippen molar-refractivity contribution in [2.45, 2.75) is 13.0 Å². The summed E-state index contributed by atoms with van der Waals surface area (Å²) in [4.78, 5) is 14.2. The Bertz CT molecular complexity index is 639. The minimum atomic E-state index is -0.315. The molecule has 6 nitrogen and oxygen atoms in total. The van der Waals surface area contributed by atoms with Crippen LogP contribution in [0.2, 0.25) is 0 Å². The van der Waals surface area contributed by atoms with E-state index in [-0.39, 0.29) is 17.8 Å². The van der Waals surface area contributed by atoms with Crippen molar-refractivity contribution in [3.8, 4) is 5.69 Å². The summed E-state index contributed by atoms with van der Waals surface area (Å²) in [5.74, 6) is -0.442. The fourth-order valence-corrected chi connectivity index (χ4v) is 2.37. The minimum absolute atomic E-state index is 0.127. The summed E-state index contributed by atoms with van der Waals surface area (Å²) >= 11 is 0. The molecule has 1 atom stereocenters. The van der Waals surface area contributed by atoms with E-state index in [1.54, 1.807) is 23.2 Å². The number of piperazine rings is 1. The van der Waals surface area contributed by atoms with E-state index >= 15 is 0 Å². The van der Waals surface area contributed by atoms with Gasteiger partial charge in [0.25, 0.3) is 5.91 Å². The Kier molecular flexibility index (Phi) is 3.66. The van der Waals surface area contributed by atoms with Gasteiger partial charge in [-0.3, -0.25) is 4.79 Å². The lowest BCUT2D eigenvalue weighted by atomic mass is 10.2. The Labute approximate surface area is 121 Å². The van der Waals surface area contributed by atoms with Crippen LogP contribution in [0.4, 0.5) is 4.39 Å². The van der Waals surface area contributed by atoms with E-state index in [2.05, 4.69) is 15.6 Å². The summed E-state index contributed by atoms with van der Waals surface area (Å²) in [5.41, 5.74) is 0.962. The quantitative estimate of drug-likeness (QED) is 0.890. The molecule has 2 heterocycles. The molecule has 21 heavy (non-hydrogen) atoms. The lowest BCUT2D eigenvalue weighted by molar-refractivity contribution is 0.0649. The first-order valence-electron chi connectivity index (χ1n) is 6.85. The SMILES string of the molecule is CC1CNCCN1C(=O)c1cn(-c2ccc(F)cc2)nn1. The van der Waals surface area contributed by atoms with Gasteiger partial charge in [-0.2, -0.15) is 0 Å². The molecule has 1 fully saturated rings. The van der Waals surface area contributed by atoms with E-state index in [4.69, 9.17) is 0 Å². The molecule has 1 saturated heterocycles. The number of halogens is 1. The van der Waals surface area contributed by atoms with Crippen LogP contribution in [0.3, 0.4) is 0 Å². The molecule has 0 aliphatic carbocycles. The molecule has 7 heteroatoms. The van der Waals surface area contributed by atoms with E-state index in [1.807, 2.05) is 6.92 Å². The number of benzene rings is 1. The smallest absolute Gasteiger partial charge is 0.276 e. The van der Waals surface area contributed by atoms with Crippen LogP contribution in [0.1, 0.15) is 17.4 Å². The fraction of sp³-hybridized carbons (Fsp3) is 0.357. The molecule has 0 saturated carbocycles. The summed E-state index contributed by atoms with van der Waals surface area (Å²) in [6.45, 7) is 4.21. The summed E-state index contributed by atoms with van der Waals surface area (Å²) in [5, 5.41) is 11.1. The molecule has 0 radical (unpaired) electrons. The normalized spacial score (nSPS) is 18.8. The van der Waals surface area contributed by atoms with Gasteiger partial charge in [-0.05, 0) is 31.2 Å². The highest BCUT2D eigenvalue weighted by Gasteiger charge is 2.26. The molecular formula is C14H16FN5O. The lowest BCUT2D eigenvalue weighted by Gasteiger charge is -2.33. The maximum atomic E-state index is 12.9. The second-order valence-electron chi connectivity index (χ2n) is 5.08. The summed E-state index contributed by atoms with van der Waals surface area (Å²) in [6.07, 6.45) is 1.57. The lowest BCUT2D eigenvalue weighted by Crippen LogP contribution is -2.52. The van der Waals surface area contributed by atoms with E-state index in [9.17, 15) is 9.18 Å². The van der Waals surface area contributed by atoms with E-state index in [1.165, 1.54) is 16.8 Å². The van der Waals surface area contributed by atoms with Gasteiger partial charge in [0, 0.05) is 25.7 Å². The zero-order valence-electron chi connectivity index (χ0n) is 11.7. The van der Waals surface area contributed by atoms with E-state index < -0.39 is 0 Å². The molecule has 1 unspecified atom stereocenters. The van der Waals surface area contributed by atoms with Crippen molar-refractivity contribution in [1.82, 2.24) is 25.2 Å². The second kappa shape index (κ2) is 5.61. The molecule has 1 aromatic carbocycles. The van der Waals surface area contributed by atoms with Gasteiger partial charge in [0.15, 0.2) is 5.69 Å². The number of nitrogens with one attached hydrogen (secondary N) is 1. The summed E-state index contributed by atoms with van der Waals surface area (Å²) < 4.78 is 14.4. The Morgan fingerprint density at radius 1 is 1.38 bits per heavy atom. The molecule has 1 amide bonds. The molecule has 3 rings (SSSR count). The van der Waals surface area contributed by atoms with Gasteiger partial charge in [-0.1, -0.05) is 5.21 Å². The van der Waals surface area contributed by atoms with E-state index in [0.717, 1.165) is 13.1 Å². The highest BCUT2D eigenvalue weighted by molar-refractivity contribution is 5.92. The number of aromatic nitrogens is 3. The number of hydrogen-bond donors (Lipinski definition) is 1. The first kappa shape index (κ1) is 13.7. The molecule has 0 bridgehead atoms. The predicted octanol–water partition coefficient (Wildman–Crippen LogP) is 0.840. The van der Waals surface area contributed by atoms with Crippen molar-refractivity contribution in [1.29, 1.82) is 0 Å². The van der Waals surface area contributed by atoms with Crippen LogP contribution in [0.15, 0.2) is 30.5 Å². The standard InChI is InChI=1S/C14H16FN5O/c1-10-8-16-6-7-19(10)14(21)13-9-20(18-17-13)12-4-2-11(15)3-5-12/h2-5,9-10,16H,6-8H2,1H3. The number of nitrogens with zero attached hydrogens (tertiary/aromatic N) is 4. The van der Waals surface area contributed by atoms with Gasteiger partial charge in [0.2, 0.25) is 0 Å². The van der Waals surface area contributed by atoms with Crippen LogP contribution in [0, 0.1) is 5.82 Å². The van der Waals surface area contributed by atoms with Crippen LogP contribution in [0.25, 0.3) is 5.69 Å². The van der Waals surface area contributed by atoms with Crippen molar-refractivity contribution in [3.05, 3.63) is 42.0 Å². The van der Waals surface area contributed by atoms with Gasteiger partial charge in [-0.15, -0.1) is 5.10 Å². The number of amides is 1. The third-order valence-electron chi connectivity index (χ3n) is 3.57. The van der Waals surface area contributed by atoms with Gasteiger partial charge in [0.1, 0.15) is 5.82 Å². The van der Waals surface area contributed by atoms with Gasteiger partial charge >= 0.3 is 0 Å². The average Bonchev–Trinajstić information content (AvgIpc) is 2.98. The highest BCUT2D eigenvalue weighted by Crippen LogP contribution is 2.11. The van der Waals surface area contributed by atoms with Crippen molar-refractivity contribution < 1.29 is 9.18 Å². The van der Waals surface area contributed by atoms with Crippen molar-refractivity contribution in [3.63, 3.8) is 0 Å². The Balaban J connectivity index is 1.81. The predicted molar refractivity (Wildman–Crippen MR) is 74.7 cm³/mol. The molecule has 1 aliphatic rings. The van der Waals surface area contributed by atoms with Gasteiger partial charge < -0.3 is 10.2 Å². The van der Waals surface area contributed by atoms with Gasteiger partial charge in [-0.25, -0.2) is 9.07 Å². The van der Waals surface area contributed by atoms with Crippen molar-refractivity contribution >= 4 is 5.91 Å². The molecule has 2 aromatic rings. The van der Waals surface area contributed by atoms with Crippen LogP contribution < -0.4 is 5.32 Å². The number of carbonyl (C=O) groups excluding carboxylic acids is 1. The molecular weight excluding hydrogens is 273 g/mol. The van der Waals surface area contributed by atoms with Crippen LogP contribution in [-0.2, 0) is 0 Å². The Morgan fingerprint density at radius 2 is 2.14 bits per heavy atom. The minimum Gasteiger partial charge on any atom is -0.332 e. The Hall–Kier alpha value is -2.28. The Morgan fingerprint density at radius 3 is 2.86 bits per heavy atom. The largest absolute Gasteiger partial charge is 0.332 e. The van der Waals surface area contributed by atoms with Gasteiger partial charge in [0.05, 0.1) is 11.9 Å². The highest BCUT2D eigenvalue weighted by atomic mass is 19.1. The number of carbonyl (C=O) groups is 1. The topological polar surface area (TPSA) is 63.1 Å². The second-order valence-corrected chi connectivity index (χ2v) is 5.08. The first-order chi connectivity index (χ1) is 10.1. The number of rotatable bonds is 2. The van der Waals surface area contributed by atoms with Crippen LogP contribution >= 0.6 is 0 Å². The summed E-state index contributed by atoms with van der Waals surface area (Å²) in [6, 6.07) is 5.99. The molecule has 1 N–H and O–H groups in total.